The molecule has 1 heterocycles. The van der Waals surface area contributed by atoms with E-state index in [9.17, 15) is 13.2 Å². The molecule has 1 amide bonds. The van der Waals surface area contributed by atoms with E-state index in [-0.39, 0.29) is 10.8 Å². The normalized spacial score (nSPS) is 11.3. The summed E-state index contributed by atoms with van der Waals surface area (Å²) < 4.78 is 29.5. The Morgan fingerprint density at radius 3 is 2.38 bits per heavy atom. The number of nitrogens with zero attached hydrogens (tertiary/aromatic N) is 2. The monoisotopic (exact) mass is 528 g/mol. The van der Waals surface area contributed by atoms with Gasteiger partial charge in [0.2, 0.25) is 0 Å². The summed E-state index contributed by atoms with van der Waals surface area (Å²) in [7, 11) is -0.0115. The van der Waals surface area contributed by atoms with Crippen LogP contribution >= 0.6 is 11.3 Å². The molecule has 37 heavy (non-hydrogen) atoms. The fourth-order valence-corrected chi connectivity index (χ4v) is 6.05. The number of hydrogen-bond acceptors (Lipinski definition) is 6. The average molecular weight is 529 g/mol. The molecule has 0 aliphatic heterocycles. The van der Waals surface area contributed by atoms with Crippen LogP contribution in [0.1, 0.15) is 10.4 Å². The van der Waals surface area contributed by atoms with Crippen LogP contribution in [0.15, 0.2) is 101 Å². The molecule has 4 aromatic carbocycles. The van der Waals surface area contributed by atoms with Gasteiger partial charge in [0, 0.05) is 52.7 Å². The summed E-state index contributed by atoms with van der Waals surface area (Å²) in [5, 5.41) is 6.59. The van der Waals surface area contributed by atoms with E-state index in [0.29, 0.717) is 27.5 Å². The first-order valence-corrected chi connectivity index (χ1v) is 13.8. The summed E-state index contributed by atoms with van der Waals surface area (Å²) in [4.78, 5) is 19.1. The standard InChI is InChI=1S/C28H24N4O3S2/c1-32(2)25-15-7-14-23-22(25)13-8-16-26(23)37(34,35)31-21-12-6-11-20(17-21)24-18-36-28(29-24)30-27(33)19-9-4-3-5-10-19/h3-18,31H,1-2H3,(H,29,30,33). The zero-order valence-electron chi connectivity index (χ0n) is 20.2. The molecule has 5 aromatic rings. The number of aromatic nitrogens is 1. The maximum absolute atomic E-state index is 13.4. The minimum Gasteiger partial charge on any atom is -0.377 e. The SMILES string of the molecule is CN(C)c1cccc2c(S(=O)(=O)Nc3cccc(-c4csc(NC(=O)c5ccccc5)n4)c3)cccc12. The number of carbonyl (C=O) groups excluding carboxylic acids is 1. The van der Waals surface area contributed by atoms with Gasteiger partial charge in [-0.05, 0) is 36.4 Å². The van der Waals surface area contributed by atoms with Gasteiger partial charge in [0.15, 0.2) is 5.13 Å². The van der Waals surface area contributed by atoms with Crippen LogP contribution in [0.5, 0.6) is 0 Å². The van der Waals surface area contributed by atoms with Crippen LogP contribution in [-0.2, 0) is 10.0 Å². The van der Waals surface area contributed by atoms with Crippen molar-refractivity contribution in [1.82, 2.24) is 4.98 Å². The molecular formula is C28H24N4O3S2. The first kappa shape index (κ1) is 24.5. The third-order valence-corrected chi connectivity index (χ3v) is 8.00. The third-order valence-electron chi connectivity index (χ3n) is 5.80. The number of benzene rings is 4. The summed E-state index contributed by atoms with van der Waals surface area (Å²) in [6.07, 6.45) is 0. The number of hydrogen-bond donors (Lipinski definition) is 2. The van der Waals surface area contributed by atoms with Crippen LogP contribution in [0.4, 0.5) is 16.5 Å². The fraction of sp³-hybridized carbons (Fsp3) is 0.0714. The minimum atomic E-state index is -3.87. The van der Waals surface area contributed by atoms with Crippen LogP contribution in [0, 0.1) is 0 Å². The molecule has 7 nitrogen and oxygen atoms in total. The fourth-order valence-electron chi connectivity index (χ4n) is 4.06. The summed E-state index contributed by atoms with van der Waals surface area (Å²) in [5.74, 6) is -0.240. The van der Waals surface area contributed by atoms with Crippen LogP contribution in [-0.4, -0.2) is 33.4 Å². The second kappa shape index (κ2) is 10.0. The van der Waals surface area contributed by atoms with Crippen LogP contribution in [0.2, 0.25) is 0 Å². The maximum Gasteiger partial charge on any atom is 0.262 e. The molecule has 2 N–H and O–H groups in total. The zero-order chi connectivity index (χ0) is 26.0. The molecular weight excluding hydrogens is 504 g/mol. The molecule has 0 saturated heterocycles. The highest BCUT2D eigenvalue weighted by Crippen LogP contribution is 2.32. The van der Waals surface area contributed by atoms with Gasteiger partial charge in [0.25, 0.3) is 15.9 Å². The molecule has 0 aliphatic rings. The number of amides is 1. The molecule has 9 heteroatoms. The first-order valence-electron chi connectivity index (χ1n) is 11.5. The van der Waals surface area contributed by atoms with Crippen molar-refractivity contribution in [3.05, 3.63) is 102 Å². The Labute approximate surface area is 219 Å². The van der Waals surface area contributed by atoms with Crippen LogP contribution in [0.3, 0.4) is 0 Å². The van der Waals surface area contributed by atoms with E-state index in [1.807, 2.05) is 60.8 Å². The van der Waals surface area contributed by atoms with Gasteiger partial charge >= 0.3 is 0 Å². The number of anilines is 3. The number of carbonyl (C=O) groups is 1. The Morgan fingerprint density at radius 2 is 1.59 bits per heavy atom. The topological polar surface area (TPSA) is 91.4 Å². The molecule has 0 unspecified atom stereocenters. The molecule has 0 fully saturated rings. The van der Waals surface area contributed by atoms with Crippen molar-refractivity contribution in [2.75, 3.05) is 29.0 Å². The van der Waals surface area contributed by atoms with Crippen molar-refractivity contribution in [3.8, 4) is 11.3 Å². The van der Waals surface area contributed by atoms with E-state index in [1.54, 1.807) is 54.6 Å². The van der Waals surface area contributed by atoms with Crippen LogP contribution in [0.25, 0.3) is 22.0 Å². The first-order chi connectivity index (χ1) is 17.8. The Hall–Kier alpha value is -4.21. The molecule has 0 atom stereocenters. The van der Waals surface area contributed by atoms with Gasteiger partial charge in [-0.15, -0.1) is 11.3 Å². The van der Waals surface area contributed by atoms with E-state index in [0.717, 1.165) is 16.6 Å². The highest BCUT2D eigenvalue weighted by atomic mass is 32.2. The Balaban J connectivity index is 1.39. The largest absolute Gasteiger partial charge is 0.377 e. The third kappa shape index (κ3) is 5.18. The Morgan fingerprint density at radius 1 is 0.865 bits per heavy atom. The molecule has 0 spiro atoms. The number of sulfonamides is 1. The number of fused-ring (bicyclic) bond motifs is 1. The lowest BCUT2D eigenvalue weighted by Crippen LogP contribution is -2.14. The van der Waals surface area contributed by atoms with Crippen LogP contribution < -0.4 is 14.9 Å². The zero-order valence-corrected chi connectivity index (χ0v) is 21.8. The van der Waals surface area contributed by atoms with Gasteiger partial charge in [-0.25, -0.2) is 13.4 Å². The van der Waals surface area contributed by atoms with Crippen molar-refractivity contribution in [2.45, 2.75) is 4.90 Å². The number of nitrogens with one attached hydrogen (secondary N) is 2. The average Bonchev–Trinajstić information content (AvgIpc) is 3.36. The molecule has 1 aromatic heterocycles. The minimum absolute atomic E-state index is 0.207. The second-order valence-corrected chi connectivity index (χ2v) is 11.1. The van der Waals surface area contributed by atoms with E-state index in [1.165, 1.54) is 11.3 Å². The molecule has 0 saturated carbocycles. The molecule has 0 bridgehead atoms. The molecule has 5 rings (SSSR count). The van der Waals surface area contributed by atoms with E-state index >= 15 is 0 Å². The lowest BCUT2D eigenvalue weighted by atomic mass is 10.1. The molecule has 186 valence electrons. The van der Waals surface area contributed by atoms with Crippen molar-refractivity contribution in [3.63, 3.8) is 0 Å². The van der Waals surface area contributed by atoms with Gasteiger partial charge in [0.1, 0.15) is 0 Å². The van der Waals surface area contributed by atoms with Crippen molar-refractivity contribution >= 4 is 54.5 Å². The lowest BCUT2D eigenvalue weighted by molar-refractivity contribution is 0.102. The number of rotatable bonds is 7. The Bertz CT molecular complexity index is 1700. The van der Waals surface area contributed by atoms with Gasteiger partial charge in [-0.1, -0.05) is 54.6 Å². The quantitative estimate of drug-likeness (QED) is 0.267. The Kier molecular flexibility index (Phi) is 6.64. The highest BCUT2D eigenvalue weighted by Gasteiger charge is 2.19. The van der Waals surface area contributed by atoms with Gasteiger partial charge in [0.05, 0.1) is 10.6 Å². The maximum atomic E-state index is 13.4. The molecule has 0 radical (unpaired) electrons. The summed E-state index contributed by atoms with van der Waals surface area (Å²) in [6.45, 7) is 0. The van der Waals surface area contributed by atoms with Gasteiger partial charge < -0.3 is 4.90 Å². The van der Waals surface area contributed by atoms with Gasteiger partial charge in [-0.3, -0.25) is 14.8 Å². The highest BCUT2D eigenvalue weighted by molar-refractivity contribution is 7.93. The predicted molar refractivity (Wildman–Crippen MR) is 151 cm³/mol. The number of thiazole rings is 1. The van der Waals surface area contributed by atoms with Crippen molar-refractivity contribution in [1.29, 1.82) is 0 Å². The molecule has 0 aliphatic carbocycles. The summed E-state index contributed by atoms with van der Waals surface area (Å²) >= 11 is 1.30. The predicted octanol–water partition coefficient (Wildman–Crippen LogP) is 6.08. The van der Waals surface area contributed by atoms with Crippen molar-refractivity contribution in [2.24, 2.45) is 0 Å². The lowest BCUT2D eigenvalue weighted by Gasteiger charge is -2.17. The second-order valence-electron chi connectivity index (χ2n) is 8.57. The smallest absolute Gasteiger partial charge is 0.262 e. The van der Waals surface area contributed by atoms with E-state index < -0.39 is 10.0 Å². The van der Waals surface area contributed by atoms with E-state index in [4.69, 9.17) is 0 Å². The van der Waals surface area contributed by atoms with E-state index in [2.05, 4.69) is 15.0 Å². The van der Waals surface area contributed by atoms with Crippen molar-refractivity contribution < 1.29 is 13.2 Å². The van der Waals surface area contributed by atoms with Gasteiger partial charge in [-0.2, -0.15) is 0 Å². The summed E-state index contributed by atoms with van der Waals surface area (Å²) in [5.41, 5.74) is 3.26. The summed E-state index contributed by atoms with van der Waals surface area (Å²) in [6, 6.07) is 26.8.